The fraction of sp³-hybridized carbons (Fsp3) is 0.400. The highest BCUT2D eigenvalue weighted by Gasteiger charge is 2.04. The minimum absolute atomic E-state index is 0.492. The third kappa shape index (κ3) is 2.78. The van der Waals surface area contributed by atoms with Gasteiger partial charge >= 0.3 is 0 Å². The van der Waals surface area contributed by atoms with Crippen LogP contribution in [0.25, 0.3) is 0 Å². The second-order valence-corrected chi connectivity index (χ2v) is 4.71. The molecule has 0 aliphatic heterocycles. The summed E-state index contributed by atoms with van der Waals surface area (Å²) < 4.78 is 11.6. The van der Waals surface area contributed by atoms with E-state index in [4.69, 9.17) is 0 Å². The lowest BCUT2D eigenvalue weighted by atomic mass is 10.3. The summed E-state index contributed by atoms with van der Waals surface area (Å²) in [4.78, 5) is 0.936. The summed E-state index contributed by atoms with van der Waals surface area (Å²) in [5.41, 5.74) is 0. The van der Waals surface area contributed by atoms with Crippen LogP contribution in [-0.4, -0.2) is 9.96 Å². The standard InChI is InChI=1S/C10H14OS/c1-9(2)8-12(11)10-6-4-3-5-7-10/h3-7,9H,8H2,1-2H3/t12-/m0/s1. The van der Waals surface area contributed by atoms with Gasteiger partial charge in [-0.1, -0.05) is 32.0 Å². The van der Waals surface area contributed by atoms with Gasteiger partial charge in [0.05, 0.1) is 10.8 Å². The predicted octanol–water partition coefficient (Wildman–Crippen LogP) is 2.45. The highest BCUT2D eigenvalue weighted by molar-refractivity contribution is 7.85. The summed E-state index contributed by atoms with van der Waals surface area (Å²) in [6.07, 6.45) is 0. The number of hydrogen-bond acceptors (Lipinski definition) is 1. The Balaban J connectivity index is 2.66. The van der Waals surface area contributed by atoms with Gasteiger partial charge in [-0.25, -0.2) is 0 Å². The summed E-state index contributed by atoms with van der Waals surface area (Å²) in [5, 5.41) is 0. The van der Waals surface area contributed by atoms with Gasteiger partial charge < -0.3 is 0 Å². The van der Waals surface area contributed by atoms with Crippen molar-refractivity contribution < 1.29 is 4.21 Å². The normalized spacial score (nSPS) is 13.2. The molecule has 0 N–H and O–H groups in total. The van der Waals surface area contributed by atoms with Crippen molar-refractivity contribution in [2.75, 3.05) is 5.75 Å². The second kappa shape index (κ2) is 4.41. The number of benzene rings is 1. The summed E-state index contributed by atoms with van der Waals surface area (Å²) in [7, 11) is -0.814. The van der Waals surface area contributed by atoms with E-state index in [9.17, 15) is 4.21 Å². The van der Waals surface area contributed by atoms with Gasteiger partial charge in [0.1, 0.15) is 0 Å². The van der Waals surface area contributed by atoms with Crippen molar-refractivity contribution in [1.29, 1.82) is 0 Å². The first-order valence-electron chi connectivity index (χ1n) is 4.13. The first-order valence-corrected chi connectivity index (χ1v) is 5.45. The molecule has 0 unspecified atom stereocenters. The molecule has 0 saturated heterocycles. The summed E-state index contributed by atoms with van der Waals surface area (Å²) in [5.74, 6) is 1.25. The van der Waals surface area contributed by atoms with E-state index in [2.05, 4.69) is 13.8 Å². The molecule has 1 nitrogen and oxygen atoms in total. The van der Waals surface area contributed by atoms with Gasteiger partial charge in [-0.3, -0.25) is 4.21 Å². The summed E-state index contributed by atoms with van der Waals surface area (Å²) in [6, 6.07) is 9.62. The number of hydrogen-bond donors (Lipinski definition) is 0. The maximum Gasteiger partial charge on any atom is 0.0532 e. The highest BCUT2D eigenvalue weighted by Crippen LogP contribution is 2.08. The highest BCUT2D eigenvalue weighted by atomic mass is 32.2. The molecule has 1 rings (SSSR count). The smallest absolute Gasteiger partial charge is 0.0532 e. The van der Waals surface area contributed by atoms with Crippen LogP contribution < -0.4 is 0 Å². The molecule has 0 fully saturated rings. The molecule has 0 saturated carbocycles. The minimum atomic E-state index is -0.814. The molecule has 0 aliphatic rings. The largest absolute Gasteiger partial charge is 0.254 e. The van der Waals surface area contributed by atoms with Crippen molar-refractivity contribution in [2.45, 2.75) is 18.7 Å². The zero-order valence-electron chi connectivity index (χ0n) is 7.49. The van der Waals surface area contributed by atoms with Crippen LogP contribution >= 0.6 is 0 Å². The molecule has 0 heterocycles. The zero-order valence-corrected chi connectivity index (χ0v) is 8.30. The van der Waals surface area contributed by atoms with Crippen LogP contribution in [0.15, 0.2) is 35.2 Å². The average molecular weight is 182 g/mol. The van der Waals surface area contributed by atoms with Gasteiger partial charge in [0.25, 0.3) is 0 Å². The Morgan fingerprint density at radius 1 is 1.25 bits per heavy atom. The molecule has 12 heavy (non-hydrogen) atoms. The molecular weight excluding hydrogens is 168 g/mol. The van der Waals surface area contributed by atoms with Crippen LogP contribution in [0.1, 0.15) is 13.8 Å². The molecule has 66 valence electrons. The van der Waals surface area contributed by atoms with Gasteiger partial charge in [-0.2, -0.15) is 0 Å². The van der Waals surface area contributed by atoms with Crippen molar-refractivity contribution in [2.24, 2.45) is 5.92 Å². The Kier molecular flexibility index (Phi) is 3.48. The first-order chi connectivity index (χ1) is 5.70. The molecule has 0 amide bonds. The number of rotatable bonds is 3. The molecular formula is C10H14OS. The van der Waals surface area contributed by atoms with Crippen LogP contribution in [0.5, 0.6) is 0 Å². The molecule has 1 aromatic carbocycles. The minimum Gasteiger partial charge on any atom is -0.254 e. The predicted molar refractivity (Wildman–Crippen MR) is 52.6 cm³/mol. The van der Waals surface area contributed by atoms with E-state index in [0.29, 0.717) is 5.92 Å². The summed E-state index contributed by atoms with van der Waals surface area (Å²) >= 11 is 0. The molecule has 1 aromatic rings. The molecule has 0 bridgehead atoms. The summed E-state index contributed by atoms with van der Waals surface area (Å²) in [6.45, 7) is 4.17. The van der Waals surface area contributed by atoms with Gasteiger partial charge in [-0.05, 0) is 18.1 Å². The third-order valence-corrected chi connectivity index (χ3v) is 3.26. The van der Waals surface area contributed by atoms with Crippen LogP contribution in [-0.2, 0) is 10.8 Å². The van der Waals surface area contributed by atoms with Gasteiger partial charge in [-0.15, -0.1) is 0 Å². The molecule has 0 radical (unpaired) electrons. The van der Waals surface area contributed by atoms with E-state index >= 15 is 0 Å². The lowest BCUT2D eigenvalue weighted by Crippen LogP contribution is -2.04. The molecule has 1 atom stereocenters. The van der Waals surface area contributed by atoms with Crippen LogP contribution in [0, 0.1) is 5.92 Å². The molecule has 0 aliphatic carbocycles. The van der Waals surface area contributed by atoms with E-state index in [-0.39, 0.29) is 0 Å². The maximum atomic E-state index is 11.6. The monoisotopic (exact) mass is 182 g/mol. The van der Waals surface area contributed by atoms with Gasteiger partial charge in [0, 0.05) is 10.6 Å². The first kappa shape index (κ1) is 9.46. The lowest BCUT2D eigenvalue weighted by molar-refractivity contribution is 0.665. The lowest BCUT2D eigenvalue weighted by Gasteiger charge is -2.03. The van der Waals surface area contributed by atoms with E-state index in [1.165, 1.54) is 0 Å². The average Bonchev–Trinajstić information content (AvgIpc) is 2.05. The third-order valence-electron chi connectivity index (χ3n) is 1.49. The van der Waals surface area contributed by atoms with Gasteiger partial charge in [0.2, 0.25) is 0 Å². The van der Waals surface area contributed by atoms with E-state index in [1.54, 1.807) is 0 Å². The molecule has 0 spiro atoms. The van der Waals surface area contributed by atoms with Crippen molar-refractivity contribution in [1.82, 2.24) is 0 Å². The van der Waals surface area contributed by atoms with Gasteiger partial charge in [0.15, 0.2) is 0 Å². The molecule has 2 heteroatoms. The Bertz CT molecular complexity index is 254. The van der Waals surface area contributed by atoms with Crippen LogP contribution in [0.4, 0.5) is 0 Å². The Morgan fingerprint density at radius 2 is 1.83 bits per heavy atom. The quantitative estimate of drug-likeness (QED) is 0.701. The Labute approximate surface area is 76.3 Å². The van der Waals surface area contributed by atoms with Crippen LogP contribution in [0.2, 0.25) is 0 Å². The van der Waals surface area contributed by atoms with Crippen LogP contribution in [0.3, 0.4) is 0 Å². The fourth-order valence-corrected chi connectivity index (χ4v) is 2.23. The fourth-order valence-electron chi connectivity index (χ4n) is 0.971. The van der Waals surface area contributed by atoms with E-state index in [0.717, 1.165) is 10.6 Å². The van der Waals surface area contributed by atoms with E-state index in [1.807, 2.05) is 30.3 Å². The Hall–Kier alpha value is -0.630. The topological polar surface area (TPSA) is 17.1 Å². The zero-order chi connectivity index (χ0) is 8.97. The van der Waals surface area contributed by atoms with Crippen molar-refractivity contribution >= 4 is 10.8 Å². The molecule has 0 aromatic heterocycles. The SMILES string of the molecule is CC(C)C[S@](=O)c1ccccc1. The second-order valence-electron chi connectivity index (χ2n) is 3.22. The van der Waals surface area contributed by atoms with Crippen molar-refractivity contribution in [3.63, 3.8) is 0 Å². The van der Waals surface area contributed by atoms with Crippen molar-refractivity contribution in [3.05, 3.63) is 30.3 Å². The Morgan fingerprint density at radius 3 is 2.33 bits per heavy atom. The van der Waals surface area contributed by atoms with Crippen molar-refractivity contribution in [3.8, 4) is 0 Å². The van der Waals surface area contributed by atoms with E-state index < -0.39 is 10.8 Å². The maximum absolute atomic E-state index is 11.6.